The summed E-state index contributed by atoms with van der Waals surface area (Å²) in [4.78, 5) is 13.4. The third-order valence-corrected chi connectivity index (χ3v) is 3.89. The quantitative estimate of drug-likeness (QED) is 0.806. The van der Waals surface area contributed by atoms with Gasteiger partial charge in [0, 0.05) is 32.0 Å². The van der Waals surface area contributed by atoms with Crippen LogP contribution in [0, 0.1) is 0 Å². The van der Waals surface area contributed by atoms with E-state index < -0.39 is 10.8 Å². The van der Waals surface area contributed by atoms with E-state index >= 15 is 0 Å². The minimum absolute atomic E-state index is 0.0511. The minimum atomic E-state index is -1.30. The first-order chi connectivity index (χ1) is 8.45. The van der Waals surface area contributed by atoms with E-state index in [0.717, 1.165) is 0 Å². The second-order valence-corrected chi connectivity index (χ2v) is 5.53. The molecule has 1 unspecified atom stereocenters. The number of carbonyl (C=O) groups is 1. The molecule has 0 aliphatic rings. The van der Waals surface area contributed by atoms with Crippen molar-refractivity contribution < 1.29 is 13.7 Å². The molecular weight excluding hydrogens is 252 g/mol. The molecule has 1 rings (SSSR count). The second kappa shape index (κ2) is 6.39. The van der Waals surface area contributed by atoms with Crippen LogP contribution in [0.1, 0.15) is 6.42 Å². The van der Waals surface area contributed by atoms with E-state index in [1.807, 2.05) is 0 Å². The Hall–Kier alpha value is -1.56. The monoisotopic (exact) mass is 270 g/mol. The van der Waals surface area contributed by atoms with Crippen LogP contribution in [0.3, 0.4) is 0 Å². The van der Waals surface area contributed by atoms with Crippen molar-refractivity contribution in [2.24, 2.45) is 0 Å². The average molecular weight is 270 g/mol. The summed E-state index contributed by atoms with van der Waals surface area (Å²) in [5, 5.41) is 0. The molecule has 0 radical (unpaired) electrons. The molecule has 18 heavy (non-hydrogen) atoms. The van der Waals surface area contributed by atoms with Crippen LogP contribution in [0.4, 0.5) is 5.69 Å². The smallest absolute Gasteiger partial charge is 0.222 e. The summed E-state index contributed by atoms with van der Waals surface area (Å²) < 4.78 is 17.1. The Kier molecular flexibility index (Phi) is 5.15. The predicted octanol–water partition coefficient (Wildman–Crippen LogP) is 0.863. The third-order valence-electron chi connectivity index (χ3n) is 2.47. The van der Waals surface area contributed by atoms with Gasteiger partial charge < -0.3 is 15.4 Å². The van der Waals surface area contributed by atoms with Crippen LogP contribution in [-0.4, -0.2) is 42.0 Å². The number of anilines is 1. The van der Waals surface area contributed by atoms with E-state index in [4.69, 9.17) is 10.5 Å². The first-order valence-corrected chi connectivity index (χ1v) is 6.79. The third kappa shape index (κ3) is 3.73. The topological polar surface area (TPSA) is 72.6 Å². The molecule has 0 saturated carbocycles. The van der Waals surface area contributed by atoms with Crippen LogP contribution in [0.5, 0.6) is 5.75 Å². The molecule has 5 nitrogen and oxygen atoms in total. The highest BCUT2D eigenvalue weighted by Gasteiger charge is 2.12. The molecule has 2 N–H and O–H groups in total. The molecule has 1 atom stereocenters. The zero-order valence-electron chi connectivity index (χ0n) is 10.8. The standard InChI is InChI=1S/C12H18N2O3S/c1-14(2)12(15)6-7-18(16)11-8-9(17-3)4-5-10(11)13/h4-5,8H,6-7,13H2,1-3H3. The maximum atomic E-state index is 12.1. The van der Waals surface area contributed by atoms with Gasteiger partial charge in [-0.1, -0.05) is 0 Å². The Labute approximate surface area is 109 Å². The highest BCUT2D eigenvalue weighted by Crippen LogP contribution is 2.23. The van der Waals surface area contributed by atoms with Crippen LogP contribution in [-0.2, 0) is 15.6 Å². The van der Waals surface area contributed by atoms with E-state index in [1.165, 1.54) is 12.0 Å². The van der Waals surface area contributed by atoms with E-state index in [2.05, 4.69) is 0 Å². The zero-order valence-corrected chi connectivity index (χ0v) is 11.6. The number of nitrogens with zero attached hydrogens (tertiary/aromatic N) is 1. The fraction of sp³-hybridized carbons (Fsp3) is 0.417. The summed E-state index contributed by atoms with van der Waals surface area (Å²) in [7, 11) is 3.58. The van der Waals surface area contributed by atoms with Crippen LogP contribution >= 0.6 is 0 Å². The molecule has 1 aromatic rings. The number of ether oxygens (including phenoxy) is 1. The molecule has 0 aliphatic carbocycles. The molecule has 1 amide bonds. The lowest BCUT2D eigenvalue weighted by Gasteiger charge is -2.11. The number of methoxy groups -OCH3 is 1. The lowest BCUT2D eigenvalue weighted by atomic mass is 10.3. The van der Waals surface area contributed by atoms with Crippen molar-refractivity contribution in [2.45, 2.75) is 11.3 Å². The Bertz CT molecular complexity index is 461. The first-order valence-electron chi connectivity index (χ1n) is 5.47. The van der Waals surface area contributed by atoms with Gasteiger partial charge in [-0.05, 0) is 18.2 Å². The van der Waals surface area contributed by atoms with E-state index in [0.29, 0.717) is 16.3 Å². The van der Waals surface area contributed by atoms with Crippen LogP contribution < -0.4 is 10.5 Å². The van der Waals surface area contributed by atoms with Gasteiger partial charge in [0.05, 0.1) is 22.8 Å². The largest absolute Gasteiger partial charge is 0.497 e. The van der Waals surface area contributed by atoms with Crippen molar-refractivity contribution in [3.8, 4) is 5.75 Å². The van der Waals surface area contributed by atoms with Crippen molar-refractivity contribution in [3.05, 3.63) is 18.2 Å². The van der Waals surface area contributed by atoms with Gasteiger partial charge in [-0.25, -0.2) is 0 Å². The number of nitrogens with two attached hydrogens (primary N) is 1. The Morgan fingerprint density at radius 1 is 1.44 bits per heavy atom. The maximum Gasteiger partial charge on any atom is 0.222 e. The van der Waals surface area contributed by atoms with Crippen molar-refractivity contribution in [2.75, 3.05) is 32.7 Å². The number of benzene rings is 1. The molecule has 100 valence electrons. The minimum Gasteiger partial charge on any atom is -0.497 e. The summed E-state index contributed by atoms with van der Waals surface area (Å²) in [5.74, 6) is 0.810. The molecule has 6 heteroatoms. The van der Waals surface area contributed by atoms with Crippen molar-refractivity contribution in [3.63, 3.8) is 0 Å². The van der Waals surface area contributed by atoms with Gasteiger partial charge in [0.15, 0.2) is 0 Å². The molecule has 0 aromatic heterocycles. The summed E-state index contributed by atoms with van der Waals surface area (Å²) >= 11 is 0. The predicted molar refractivity (Wildman–Crippen MR) is 72.0 cm³/mol. The summed E-state index contributed by atoms with van der Waals surface area (Å²) in [6.07, 6.45) is 0.232. The van der Waals surface area contributed by atoms with Gasteiger partial charge in [0.2, 0.25) is 5.91 Å². The highest BCUT2D eigenvalue weighted by atomic mass is 32.2. The second-order valence-electron chi connectivity index (χ2n) is 3.99. The molecular formula is C12H18N2O3S. The van der Waals surface area contributed by atoms with Crippen LogP contribution in [0.2, 0.25) is 0 Å². The molecule has 0 spiro atoms. The molecule has 0 heterocycles. The Balaban J connectivity index is 2.75. The van der Waals surface area contributed by atoms with E-state index in [-0.39, 0.29) is 18.1 Å². The van der Waals surface area contributed by atoms with Crippen LogP contribution in [0.15, 0.2) is 23.1 Å². The van der Waals surface area contributed by atoms with Gasteiger partial charge in [-0.3, -0.25) is 9.00 Å². The number of amides is 1. The molecule has 0 aliphatic heterocycles. The van der Waals surface area contributed by atoms with Gasteiger partial charge in [-0.2, -0.15) is 0 Å². The SMILES string of the molecule is COc1ccc(N)c(S(=O)CCC(=O)N(C)C)c1. The van der Waals surface area contributed by atoms with Crippen LogP contribution in [0.25, 0.3) is 0 Å². The molecule has 0 bridgehead atoms. The summed E-state index contributed by atoms with van der Waals surface area (Å²) in [6.45, 7) is 0. The average Bonchev–Trinajstić information content (AvgIpc) is 2.35. The van der Waals surface area contributed by atoms with Gasteiger partial charge in [0.1, 0.15) is 5.75 Å². The number of carbonyl (C=O) groups excluding carboxylic acids is 1. The molecule has 0 saturated heterocycles. The van der Waals surface area contributed by atoms with Crippen molar-refractivity contribution >= 4 is 22.4 Å². The van der Waals surface area contributed by atoms with Crippen molar-refractivity contribution in [1.29, 1.82) is 0 Å². The van der Waals surface area contributed by atoms with Gasteiger partial charge in [0.25, 0.3) is 0 Å². The molecule has 0 fully saturated rings. The highest BCUT2D eigenvalue weighted by molar-refractivity contribution is 7.85. The summed E-state index contributed by atoms with van der Waals surface area (Å²) in [5.41, 5.74) is 6.22. The Morgan fingerprint density at radius 3 is 2.67 bits per heavy atom. The normalized spacial score (nSPS) is 11.9. The number of nitrogen functional groups attached to an aromatic ring is 1. The number of hydrogen-bond acceptors (Lipinski definition) is 4. The lowest BCUT2D eigenvalue weighted by Crippen LogP contribution is -2.23. The fourth-order valence-corrected chi connectivity index (χ4v) is 2.51. The van der Waals surface area contributed by atoms with Gasteiger partial charge in [-0.15, -0.1) is 0 Å². The number of rotatable bonds is 5. The fourth-order valence-electron chi connectivity index (χ4n) is 1.35. The van der Waals surface area contributed by atoms with Crippen molar-refractivity contribution in [1.82, 2.24) is 4.90 Å². The van der Waals surface area contributed by atoms with E-state index in [1.54, 1.807) is 32.3 Å². The molecule has 1 aromatic carbocycles. The van der Waals surface area contributed by atoms with E-state index in [9.17, 15) is 9.00 Å². The Morgan fingerprint density at radius 2 is 2.11 bits per heavy atom. The maximum absolute atomic E-state index is 12.1. The lowest BCUT2D eigenvalue weighted by molar-refractivity contribution is -0.128. The summed E-state index contributed by atoms with van der Waals surface area (Å²) in [6, 6.07) is 5.01. The zero-order chi connectivity index (χ0) is 13.7. The number of hydrogen-bond donors (Lipinski definition) is 1. The first kappa shape index (κ1) is 14.5. The van der Waals surface area contributed by atoms with Gasteiger partial charge >= 0.3 is 0 Å².